The zero-order valence-electron chi connectivity index (χ0n) is 18.2. The van der Waals surface area contributed by atoms with Crippen LogP contribution in [0.4, 0.5) is 5.69 Å². The van der Waals surface area contributed by atoms with Gasteiger partial charge in [0.2, 0.25) is 5.88 Å². The van der Waals surface area contributed by atoms with Crippen LogP contribution in [0.25, 0.3) is 0 Å². The van der Waals surface area contributed by atoms with Crippen molar-refractivity contribution < 1.29 is 27.5 Å². The number of hydrogen-bond acceptors (Lipinski definition) is 8. The maximum atomic E-state index is 12.7. The smallest absolute Gasteiger partial charge is 0.344 e. The van der Waals surface area contributed by atoms with Gasteiger partial charge in [0, 0.05) is 24.8 Å². The highest BCUT2D eigenvalue weighted by Crippen LogP contribution is 2.18. The number of aliphatic imine (C=N–C) groups is 1. The lowest BCUT2D eigenvalue weighted by Gasteiger charge is -2.12. The van der Waals surface area contributed by atoms with Crippen molar-refractivity contribution in [3.63, 3.8) is 0 Å². The van der Waals surface area contributed by atoms with Crippen molar-refractivity contribution in [2.24, 2.45) is 4.99 Å². The first-order valence-electron chi connectivity index (χ1n) is 10.6. The van der Waals surface area contributed by atoms with Gasteiger partial charge in [0.1, 0.15) is 11.4 Å². The second-order valence-corrected chi connectivity index (χ2v) is 8.87. The van der Waals surface area contributed by atoms with Gasteiger partial charge in [-0.15, -0.1) is 0 Å². The summed E-state index contributed by atoms with van der Waals surface area (Å²) in [6.07, 6.45) is 4.87. The van der Waals surface area contributed by atoms with Gasteiger partial charge in [-0.05, 0) is 50.1 Å². The molecule has 0 atom stereocenters. The highest BCUT2D eigenvalue weighted by molar-refractivity contribution is 7.90. The Morgan fingerprint density at radius 3 is 2.79 bits per heavy atom. The number of pyridine rings is 1. The molecule has 0 bridgehead atoms. The van der Waals surface area contributed by atoms with Crippen LogP contribution < -0.4 is 14.8 Å². The summed E-state index contributed by atoms with van der Waals surface area (Å²) in [5.41, 5.74) is 0.353. The molecule has 0 spiro atoms. The summed E-state index contributed by atoms with van der Waals surface area (Å²) < 4.78 is 38.3. The lowest BCUT2D eigenvalue weighted by molar-refractivity contribution is -0.119. The first-order valence-corrected chi connectivity index (χ1v) is 12.1. The molecule has 2 heterocycles. The molecular weight excluding hydrogens is 448 g/mol. The molecule has 10 nitrogen and oxygen atoms in total. The van der Waals surface area contributed by atoms with Crippen molar-refractivity contribution in [1.29, 1.82) is 0 Å². The van der Waals surface area contributed by atoms with E-state index in [0.29, 0.717) is 25.4 Å². The predicted molar refractivity (Wildman–Crippen MR) is 122 cm³/mol. The van der Waals surface area contributed by atoms with Gasteiger partial charge in [0.05, 0.1) is 11.5 Å². The number of carbonyl (C=O) groups is 2. The van der Waals surface area contributed by atoms with Gasteiger partial charge in [0.15, 0.2) is 6.61 Å². The van der Waals surface area contributed by atoms with E-state index in [0.717, 1.165) is 19.3 Å². The highest BCUT2D eigenvalue weighted by atomic mass is 32.2. The Bertz CT molecular complexity index is 1130. The number of amidine groups is 1. The molecule has 33 heavy (non-hydrogen) atoms. The fourth-order valence-electron chi connectivity index (χ4n) is 3.12. The van der Waals surface area contributed by atoms with Crippen molar-refractivity contribution in [1.82, 2.24) is 9.71 Å². The molecular formula is C22H26N4O6S. The van der Waals surface area contributed by atoms with Gasteiger partial charge in [-0.3, -0.25) is 14.5 Å². The zero-order valence-corrected chi connectivity index (χ0v) is 19.1. The molecule has 1 aromatic carbocycles. The maximum Gasteiger partial charge on any atom is 0.344 e. The van der Waals surface area contributed by atoms with E-state index in [4.69, 9.17) is 9.47 Å². The summed E-state index contributed by atoms with van der Waals surface area (Å²) in [6.45, 7) is 2.10. The van der Waals surface area contributed by atoms with Crippen LogP contribution in [0.5, 0.6) is 5.88 Å². The lowest BCUT2D eigenvalue weighted by atomic mass is 10.2. The number of hydrogen-bond donors (Lipinski definition) is 2. The predicted octanol–water partition coefficient (Wildman–Crippen LogP) is 2.53. The van der Waals surface area contributed by atoms with Crippen LogP contribution >= 0.6 is 0 Å². The quantitative estimate of drug-likeness (QED) is 0.561. The van der Waals surface area contributed by atoms with E-state index in [1.54, 1.807) is 13.0 Å². The summed E-state index contributed by atoms with van der Waals surface area (Å²) in [5, 5.41) is 2.53. The number of ether oxygens (including phenoxy) is 2. The van der Waals surface area contributed by atoms with Crippen molar-refractivity contribution in [2.45, 2.75) is 37.5 Å². The first kappa shape index (κ1) is 24.2. The molecule has 1 amide bonds. The van der Waals surface area contributed by atoms with E-state index in [1.807, 2.05) is 0 Å². The Hall–Kier alpha value is -3.47. The van der Waals surface area contributed by atoms with Gasteiger partial charge in [0.25, 0.3) is 15.9 Å². The molecule has 2 N–H and O–H groups in total. The van der Waals surface area contributed by atoms with Crippen molar-refractivity contribution in [2.75, 3.05) is 25.1 Å². The summed E-state index contributed by atoms with van der Waals surface area (Å²) in [7, 11) is -3.84. The minimum atomic E-state index is -3.84. The van der Waals surface area contributed by atoms with Crippen molar-refractivity contribution in [3.8, 4) is 5.88 Å². The fourth-order valence-corrected chi connectivity index (χ4v) is 4.25. The van der Waals surface area contributed by atoms with Crippen LogP contribution in [0.3, 0.4) is 0 Å². The van der Waals surface area contributed by atoms with Crippen LogP contribution in [-0.2, 0) is 19.6 Å². The second kappa shape index (κ2) is 11.4. The number of aromatic nitrogens is 1. The van der Waals surface area contributed by atoms with Crippen LogP contribution in [0.2, 0.25) is 0 Å². The molecule has 0 saturated carbocycles. The zero-order chi connectivity index (χ0) is 23.7. The molecule has 0 fully saturated rings. The minimum Gasteiger partial charge on any atom is -0.477 e. The Morgan fingerprint density at radius 2 is 1.97 bits per heavy atom. The molecule has 2 aromatic rings. The first-order chi connectivity index (χ1) is 15.9. The van der Waals surface area contributed by atoms with Crippen LogP contribution in [0.15, 0.2) is 52.5 Å². The largest absolute Gasteiger partial charge is 0.477 e. The van der Waals surface area contributed by atoms with Gasteiger partial charge >= 0.3 is 5.97 Å². The highest BCUT2D eigenvalue weighted by Gasteiger charge is 2.19. The topological polar surface area (TPSA) is 136 Å². The number of nitrogens with one attached hydrogen (secondary N) is 2. The van der Waals surface area contributed by atoms with Gasteiger partial charge in [-0.2, -0.15) is 0 Å². The Balaban J connectivity index is 1.60. The van der Waals surface area contributed by atoms with Crippen LogP contribution in [-0.4, -0.2) is 50.9 Å². The number of amides is 1. The molecule has 1 aromatic heterocycles. The van der Waals surface area contributed by atoms with E-state index in [1.165, 1.54) is 36.5 Å². The minimum absolute atomic E-state index is 0.0130. The summed E-state index contributed by atoms with van der Waals surface area (Å²) in [5.74, 6) is -0.822. The normalized spacial score (nSPS) is 13.9. The molecule has 3 rings (SSSR count). The lowest BCUT2D eigenvalue weighted by Crippen LogP contribution is -2.30. The van der Waals surface area contributed by atoms with Gasteiger partial charge in [-0.25, -0.2) is 18.2 Å². The third-order valence-electron chi connectivity index (χ3n) is 4.66. The molecule has 0 aliphatic carbocycles. The van der Waals surface area contributed by atoms with Crippen LogP contribution in [0.1, 0.15) is 43.0 Å². The molecule has 176 valence electrons. The molecule has 11 heteroatoms. The third-order valence-corrected chi connectivity index (χ3v) is 6.04. The molecule has 0 radical (unpaired) electrons. The Morgan fingerprint density at radius 1 is 1.12 bits per heavy atom. The van der Waals surface area contributed by atoms with E-state index in [-0.39, 0.29) is 22.0 Å². The number of carbonyl (C=O) groups excluding carboxylic acids is 2. The van der Waals surface area contributed by atoms with Crippen molar-refractivity contribution in [3.05, 3.63) is 48.2 Å². The Labute approximate surface area is 192 Å². The van der Waals surface area contributed by atoms with E-state index in [9.17, 15) is 18.0 Å². The molecule has 1 aliphatic rings. The third kappa shape index (κ3) is 7.01. The number of nitrogens with zero attached hydrogens (tertiary/aromatic N) is 2. The number of rotatable bonds is 8. The average Bonchev–Trinajstić information content (AvgIpc) is 3.06. The van der Waals surface area contributed by atoms with E-state index < -0.39 is 28.5 Å². The standard InChI is InChI=1S/C22H26N4O6S/c1-2-31-21-18(10-7-13-24-21)22(28)32-15-20(27)25-16-8-6-9-17(14-16)33(29,30)26-19-11-4-3-5-12-23-19/h6-10,13-14H,2-5,11-12,15H2,1H3,(H,23,26)(H,25,27). The maximum absolute atomic E-state index is 12.7. The SMILES string of the molecule is CCOc1ncccc1C(=O)OCC(=O)Nc1cccc(S(=O)(=O)NC2=NCCCCC2)c1. The molecule has 1 aliphatic heterocycles. The summed E-state index contributed by atoms with van der Waals surface area (Å²) in [4.78, 5) is 32.8. The monoisotopic (exact) mass is 474 g/mol. The van der Waals surface area contributed by atoms with Gasteiger partial charge in [-0.1, -0.05) is 12.5 Å². The van der Waals surface area contributed by atoms with E-state index in [2.05, 4.69) is 20.0 Å². The van der Waals surface area contributed by atoms with Gasteiger partial charge < -0.3 is 14.8 Å². The summed E-state index contributed by atoms with van der Waals surface area (Å²) >= 11 is 0. The number of esters is 1. The average molecular weight is 475 g/mol. The fraction of sp³-hybridized carbons (Fsp3) is 0.364. The number of anilines is 1. The van der Waals surface area contributed by atoms with E-state index >= 15 is 0 Å². The number of sulfonamides is 1. The number of benzene rings is 1. The molecule has 0 saturated heterocycles. The second-order valence-electron chi connectivity index (χ2n) is 7.19. The van der Waals surface area contributed by atoms with Crippen LogP contribution in [0, 0.1) is 0 Å². The molecule has 0 unspecified atom stereocenters. The summed E-state index contributed by atoms with van der Waals surface area (Å²) in [6, 6.07) is 8.84. The Kier molecular flexibility index (Phi) is 8.36. The van der Waals surface area contributed by atoms with Crippen molar-refractivity contribution >= 4 is 33.4 Å².